The normalized spacial score (nSPS) is 13.7. The Labute approximate surface area is 54.8 Å². The lowest BCUT2D eigenvalue weighted by molar-refractivity contribution is 0.0170. The highest BCUT2D eigenvalue weighted by molar-refractivity contribution is 4.42. The van der Waals surface area contributed by atoms with Crippen LogP contribution in [0.4, 0.5) is 0 Å². The van der Waals surface area contributed by atoms with Crippen molar-refractivity contribution in [3.05, 3.63) is 0 Å². The zero-order valence-electron chi connectivity index (χ0n) is 5.42. The molecule has 1 unspecified atom stereocenters. The van der Waals surface area contributed by atoms with E-state index in [0.717, 1.165) is 6.42 Å². The van der Waals surface area contributed by atoms with E-state index in [1.54, 1.807) is 0 Å². The van der Waals surface area contributed by atoms with Crippen LogP contribution in [0.15, 0.2) is 0 Å². The van der Waals surface area contributed by atoms with Crippen molar-refractivity contribution in [1.29, 1.82) is 0 Å². The Hall–Kier alpha value is -0.160. The molecule has 9 heavy (non-hydrogen) atoms. The number of rotatable bonds is 5. The van der Waals surface area contributed by atoms with Crippen molar-refractivity contribution in [3.8, 4) is 0 Å². The zero-order chi connectivity index (χ0) is 7.11. The molecule has 0 aliphatic rings. The number of aliphatic hydroxyl groups excluding tert-OH is 1. The van der Waals surface area contributed by atoms with E-state index in [4.69, 9.17) is 21.3 Å². The molecule has 56 valence electrons. The molecule has 0 aromatic heterocycles. The molecule has 4 nitrogen and oxygen atoms in total. The van der Waals surface area contributed by atoms with E-state index in [1.165, 1.54) is 0 Å². The Bertz CT molecular complexity index is 60.9. The third-order valence-electron chi connectivity index (χ3n) is 0.860. The minimum Gasteiger partial charge on any atom is -0.392 e. The fourth-order valence-electron chi connectivity index (χ4n) is 0.371. The topological polar surface area (TPSA) is 81.5 Å². The summed E-state index contributed by atoms with van der Waals surface area (Å²) in [5.41, 5.74) is 10.4. The summed E-state index contributed by atoms with van der Waals surface area (Å²) in [5, 5.41) is 8.35. The molecular weight excluding hydrogens is 120 g/mol. The first kappa shape index (κ1) is 8.84. The summed E-state index contributed by atoms with van der Waals surface area (Å²) in [4.78, 5) is 0. The molecule has 4 heteroatoms. The molecular formula is C5H14N2O2. The van der Waals surface area contributed by atoms with Gasteiger partial charge < -0.3 is 21.3 Å². The third kappa shape index (κ3) is 5.72. The maximum atomic E-state index is 8.35. The molecule has 0 amide bonds. The molecule has 5 N–H and O–H groups in total. The Kier molecular flexibility index (Phi) is 5.86. The largest absolute Gasteiger partial charge is 0.392 e. The van der Waals surface area contributed by atoms with Crippen LogP contribution in [-0.2, 0) is 4.74 Å². The maximum absolute atomic E-state index is 8.35. The molecule has 0 aromatic carbocycles. The van der Waals surface area contributed by atoms with Crippen molar-refractivity contribution in [1.82, 2.24) is 0 Å². The molecule has 0 aliphatic carbocycles. The van der Waals surface area contributed by atoms with Gasteiger partial charge in [0.2, 0.25) is 0 Å². The summed E-state index contributed by atoms with van der Waals surface area (Å²) < 4.78 is 4.88. The first-order chi connectivity index (χ1) is 4.31. The van der Waals surface area contributed by atoms with Crippen LogP contribution in [-0.4, -0.2) is 31.1 Å². The van der Waals surface area contributed by atoms with E-state index in [9.17, 15) is 0 Å². The van der Waals surface area contributed by atoms with Gasteiger partial charge in [-0.05, 0) is 13.0 Å². The summed E-state index contributed by atoms with van der Waals surface area (Å²) in [7, 11) is 0. The first-order valence-electron chi connectivity index (χ1n) is 2.99. The van der Waals surface area contributed by atoms with Crippen LogP contribution in [0.25, 0.3) is 0 Å². The van der Waals surface area contributed by atoms with Gasteiger partial charge in [0.05, 0.1) is 6.61 Å². The van der Waals surface area contributed by atoms with Gasteiger partial charge in [-0.3, -0.25) is 0 Å². The number of aliphatic hydroxyl groups is 1. The van der Waals surface area contributed by atoms with Crippen LogP contribution in [0.1, 0.15) is 6.42 Å². The molecule has 0 aromatic rings. The third-order valence-corrected chi connectivity index (χ3v) is 0.860. The Balaban J connectivity index is 2.88. The van der Waals surface area contributed by atoms with Gasteiger partial charge in [-0.1, -0.05) is 0 Å². The summed E-state index contributed by atoms with van der Waals surface area (Å²) >= 11 is 0. The molecule has 1 atom stereocenters. The molecule has 0 aliphatic heterocycles. The van der Waals surface area contributed by atoms with Crippen molar-refractivity contribution in [2.45, 2.75) is 12.6 Å². The second-order valence-corrected chi connectivity index (χ2v) is 1.73. The molecule has 0 bridgehead atoms. The van der Waals surface area contributed by atoms with Gasteiger partial charge in [0, 0.05) is 6.61 Å². The van der Waals surface area contributed by atoms with Gasteiger partial charge in [0.15, 0.2) is 0 Å². The van der Waals surface area contributed by atoms with Crippen molar-refractivity contribution in [3.63, 3.8) is 0 Å². The van der Waals surface area contributed by atoms with Gasteiger partial charge in [-0.15, -0.1) is 0 Å². The van der Waals surface area contributed by atoms with Gasteiger partial charge in [-0.2, -0.15) is 0 Å². The highest BCUT2D eigenvalue weighted by Gasteiger charge is 1.96. The summed E-state index contributed by atoms with van der Waals surface area (Å²) in [6.45, 7) is 0.987. The predicted octanol–water partition coefficient (Wildman–Crippen LogP) is -1.37. The van der Waals surface area contributed by atoms with Crippen LogP contribution < -0.4 is 11.5 Å². The van der Waals surface area contributed by atoms with Crippen molar-refractivity contribution < 1.29 is 9.84 Å². The van der Waals surface area contributed by atoms with Crippen LogP contribution >= 0.6 is 0 Å². The zero-order valence-corrected chi connectivity index (χ0v) is 5.42. The molecule has 0 heterocycles. The van der Waals surface area contributed by atoms with E-state index in [0.29, 0.717) is 13.2 Å². The van der Waals surface area contributed by atoms with Gasteiger partial charge in [0.25, 0.3) is 0 Å². The van der Waals surface area contributed by atoms with Crippen LogP contribution in [0.5, 0.6) is 0 Å². The quantitative estimate of drug-likeness (QED) is 0.320. The standard InChI is InChI=1S/C5H14N2O2/c6-2-1-3-9-5(7)4-8/h5,8H,1-4,6-7H2. The van der Waals surface area contributed by atoms with Gasteiger partial charge in [-0.25, -0.2) is 0 Å². The monoisotopic (exact) mass is 134 g/mol. The fraction of sp³-hybridized carbons (Fsp3) is 1.00. The first-order valence-corrected chi connectivity index (χ1v) is 2.99. The lowest BCUT2D eigenvalue weighted by Gasteiger charge is -2.07. The lowest BCUT2D eigenvalue weighted by atomic mass is 10.5. The van der Waals surface area contributed by atoms with Crippen LogP contribution in [0.2, 0.25) is 0 Å². The van der Waals surface area contributed by atoms with Gasteiger partial charge in [0.1, 0.15) is 6.23 Å². The maximum Gasteiger partial charge on any atom is 0.128 e. The fourth-order valence-corrected chi connectivity index (χ4v) is 0.371. The summed E-state index contributed by atoms with van der Waals surface area (Å²) in [6, 6.07) is 0. The van der Waals surface area contributed by atoms with E-state index in [1.807, 2.05) is 0 Å². The van der Waals surface area contributed by atoms with E-state index >= 15 is 0 Å². The molecule has 0 fully saturated rings. The van der Waals surface area contributed by atoms with Crippen molar-refractivity contribution >= 4 is 0 Å². The molecule has 0 saturated heterocycles. The average Bonchev–Trinajstić information content (AvgIpc) is 1.89. The number of hydrogen-bond donors (Lipinski definition) is 3. The highest BCUT2D eigenvalue weighted by atomic mass is 16.5. The summed E-state index contributed by atoms with van der Waals surface area (Å²) in [5.74, 6) is 0. The Morgan fingerprint density at radius 3 is 2.67 bits per heavy atom. The van der Waals surface area contributed by atoms with Gasteiger partial charge >= 0.3 is 0 Å². The van der Waals surface area contributed by atoms with Crippen LogP contribution in [0, 0.1) is 0 Å². The van der Waals surface area contributed by atoms with Crippen molar-refractivity contribution in [2.75, 3.05) is 19.8 Å². The summed E-state index contributed by atoms with van der Waals surface area (Å²) in [6.07, 6.45) is 0.241. The van der Waals surface area contributed by atoms with E-state index < -0.39 is 6.23 Å². The number of hydrogen-bond acceptors (Lipinski definition) is 4. The predicted molar refractivity (Wildman–Crippen MR) is 34.7 cm³/mol. The minimum atomic E-state index is -0.545. The Morgan fingerprint density at radius 2 is 2.22 bits per heavy atom. The number of ether oxygens (including phenoxy) is 1. The lowest BCUT2D eigenvalue weighted by Crippen LogP contribution is -2.28. The molecule has 0 radical (unpaired) electrons. The molecule has 0 saturated carbocycles. The number of nitrogens with two attached hydrogens (primary N) is 2. The van der Waals surface area contributed by atoms with Crippen molar-refractivity contribution in [2.24, 2.45) is 11.5 Å². The smallest absolute Gasteiger partial charge is 0.128 e. The SMILES string of the molecule is NCCCOC(N)CO. The molecule has 0 rings (SSSR count). The minimum absolute atomic E-state index is 0.134. The Morgan fingerprint density at radius 1 is 1.56 bits per heavy atom. The average molecular weight is 134 g/mol. The second-order valence-electron chi connectivity index (χ2n) is 1.73. The van der Waals surface area contributed by atoms with E-state index in [-0.39, 0.29) is 6.61 Å². The van der Waals surface area contributed by atoms with E-state index in [2.05, 4.69) is 0 Å². The molecule has 0 spiro atoms. The highest BCUT2D eigenvalue weighted by Crippen LogP contribution is 1.82. The second kappa shape index (κ2) is 5.97. The van der Waals surface area contributed by atoms with Crippen LogP contribution in [0.3, 0.4) is 0 Å².